The Morgan fingerprint density at radius 2 is 2.25 bits per heavy atom. The molecule has 1 aliphatic rings. The number of nitrogens with zero attached hydrogens (tertiary/aromatic N) is 1. The Balaban J connectivity index is 1.92. The van der Waals surface area contributed by atoms with Gasteiger partial charge in [-0.1, -0.05) is 6.92 Å². The van der Waals surface area contributed by atoms with Crippen LogP contribution in [0.4, 0.5) is 0 Å². The van der Waals surface area contributed by atoms with Gasteiger partial charge in [-0.15, -0.1) is 0 Å². The van der Waals surface area contributed by atoms with Gasteiger partial charge in [0.05, 0.1) is 0 Å². The van der Waals surface area contributed by atoms with Crippen molar-refractivity contribution in [1.29, 1.82) is 0 Å². The fraction of sp³-hybridized carbons (Fsp3) is 0.615. The molecule has 2 rings (SSSR count). The van der Waals surface area contributed by atoms with Gasteiger partial charge >= 0.3 is 5.69 Å². The summed E-state index contributed by atoms with van der Waals surface area (Å²) in [5, 5.41) is 2.86. The van der Waals surface area contributed by atoms with Gasteiger partial charge in [-0.25, -0.2) is 4.79 Å². The molecular weight excluding hydrogens is 260 g/mol. The summed E-state index contributed by atoms with van der Waals surface area (Å²) in [6.45, 7) is 3.48. The van der Waals surface area contributed by atoms with E-state index >= 15 is 0 Å². The van der Waals surface area contributed by atoms with Crippen molar-refractivity contribution in [2.75, 3.05) is 13.1 Å². The molecule has 1 atom stereocenters. The van der Waals surface area contributed by atoms with E-state index in [1.807, 2.05) is 11.8 Å². The number of imidazole rings is 1. The quantitative estimate of drug-likeness (QED) is 0.736. The first-order valence-corrected chi connectivity index (χ1v) is 6.96. The minimum atomic E-state index is -0.402. The minimum absolute atomic E-state index is 0.0355. The number of carbonyl (C=O) groups excluding carboxylic acids is 2. The van der Waals surface area contributed by atoms with Crippen molar-refractivity contribution in [2.24, 2.45) is 0 Å². The van der Waals surface area contributed by atoms with Crippen LogP contribution in [0.2, 0.25) is 0 Å². The molecule has 0 aromatic carbocycles. The van der Waals surface area contributed by atoms with Crippen molar-refractivity contribution >= 4 is 11.8 Å². The maximum absolute atomic E-state index is 11.9. The maximum Gasteiger partial charge on any atom is 0.323 e. The monoisotopic (exact) mass is 280 g/mol. The van der Waals surface area contributed by atoms with Crippen molar-refractivity contribution in [3.63, 3.8) is 0 Å². The average molecular weight is 280 g/mol. The SMILES string of the molecule is CCCN1CCC(NC(=O)c2c[nH]c(=O)[nH]2)CCC1=O. The predicted octanol–water partition coefficient (Wildman–Crippen LogP) is 0.224. The summed E-state index contributed by atoms with van der Waals surface area (Å²) in [4.78, 5) is 41.4. The summed E-state index contributed by atoms with van der Waals surface area (Å²) in [7, 11) is 0. The number of hydrogen-bond donors (Lipinski definition) is 3. The lowest BCUT2D eigenvalue weighted by Crippen LogP contribution is -2.36. The maximum atomic E-state index is 11.9. The Kier molecular flexibility index (Phi) is 4.60. The first-order valence-electron chi connectivity index (χ1n) is 6.96. The lowest BCUT2D eigenvalue weighted by atomic mass is 10.1. The highest BCUT2D eigenvalue weighted by Crippen LogP contribution is 2.13. The molecule has 1 aromatic rings. The number of carbonyl (C=O) groups is 2. The molecule has 1 saturated heterocycles. The Bertz CT molecular complexity index is 534. The van der Waals surface area contributed by atoms with Crippen molar-refractivity contribution in [3.05, 3.63) is 22.4 Å². The molecule has 1 fully saturated rings. The summed E-state index contributed by atoms with van der Waals surface area (Å²) in [5.41, 5.74) is -0.184. The summed E-state index contributed by atoms with van der Waals surface area (Å²) in [5.74, 6) is -0.164. The van der Waals surface area contributed by atoms with Crippen molar-refractivity contribution in [2.45, 2.75) is 38.6 Å². The van der Waals surface area contributed by atoms with E-state index in [0.29, 0.717) is 19.4 Å². The van der Waals surface area contributed by atoms with Gasteiger partial charge in [-0.3, -0.25) is 9.59 Å². The lowest BCUT2D eigenvalue weighted by molar-refractivity contribution is -0.130. The topological polar surface area (TPSA) is 98.1 Å². The third-order valence-electron chi connectivity index (χ3n) is 3.48. The number of amides is 2. The van der Waals surface area contributed by atoms with Gasteiger partial charge in [0.15, 0.2) is 0 Å². The molecule has 1 aromatic heterocycles. The number of aromatic nitrogens is 2. The van der Waals surface area contributed by atoms with E-state index in [-0.39, 0.29) is 23.6 Å². The molecule has 3 N–H and O–H groups in total. The van der Waals surface area contributed by atoms with E-state index in [2.05, 4.69) is 15.3 Å². The van der Waals surface area contributed by atoms with Crippen molar-refractivity contribution < 1.29 is 9.59 Å². The van der Waals surface area contributed by atoms with E-state index in [1.54, 1.807) is 0 Å². The van der Waals surface area contributed by atoms with Crippen LogP contribution in [0, 0.1) is 0 Å². The van der Waals surface area contributed by atoms with Crippen LogP contribution in [-0.4, -0.2) is 45.8 Å². The number of nitrogens with one attached hydrogen (secondary N) is 3. The minimum Gasteiger partial charge on any atom is -0.348 e. The zero-order valence-electron chi connectivity index (χ0n) is 11.6. The fourth-order valence-corrected chi connectivity index (χ4v) is 2.40. The van der Waals surface area contributed by atoms with Gasteiger partial charge in [0.2, 0.25) is 5.91 Å². The van der Waals surface area contributed by atoms with Gasteiger partial charge in [0.25, 0.3) is 5.91 Å². The van der Waals surface area contributed by atoms with Crippen molar-refractivity contribution in [3.8, 4) is 0 Å². The van der Waals surface area contributed by atoms with Gasteiger partial charge < -0.3 is 20.2 Å². The Labute approximate surface area is 116 Å². The molecular formula is C13H20N4O3. The standard InChI is InChI=1S/C13H20N4O3/c1-2-6-17-7-5-9(3-4-11(17)18)15-12(19)10-8-14-13(20)16-10/h8-9H,2-7H2,1H3,(H,15,19)(H2,14,16,20). The summed E-state index contributed by atoms with van der Waals surface area (Å²) in [6.07, 6.45) is 4.12. The molecule has 2 heterocycles. The third kappa shape index (κ3) is 3.49. The average Bonchev–Trinajstić information content (AvgIpc) is 2.79. The summed E-state index contributed by atoms with van der Waals surface area (Å²) in [6, 6.07) is -0.0355. The Morgan fingerprint density at radius 1 is 1.45 bits per heavy atom. The second kappa shape index (κ2) is 6.40. The molecule has 0 saturated carbocycles. The fourth-order valence-electron chi connectivity index (χ4n) is 2.40. The highest BCUT2D eigenvalue weighted by atomic mass is 16.2. The third-order valence-corrected chi connectivity index (χ3v) is 3.48. The molecule has 110 valence electrons. The second-order valence-electron chi connectivity index (χ2n) is 5.03. The van der Waals surface area contributed by atoms with Crippen LogP contribution < -0.4 is 11.0 Å². The summed E-state index contributed by atoms with van der Waals surface area (Å²) >= 11 is 0. The lowest BCUT2D eigenvalue weighted by Gasteiger charge is -2.20. The van der Waals surface area contributed by atoms with Crippen LogP contribution in [0.1, 0.15) is 43.1 Å². The van der Waals surface area contributed by atoms with E-state index in [4.69, 9.17) is 0 Å². The van der Waals surface area contributed by atoms with Crippen molar-refractivity contribution in [1.82, 2.24) is 20.2 Å². The molecule has 0 bridgehead atoms. The predicted molar refractivity (Wildman–Crippen MR) is 73.4 cm³/mol. The molecule has 7 nitrogen and oxygen atoms in total. The van der Waals surface area contributed by atoms with Crippen LogP contribution >= 0.6 is 0 Å². The van der Waals surface area contributed by atoms with Gasteiger partial charge in [-0.05, 0) is 19.3 Å². The van der Waals surface area contributed by atoms with E-state index in [9.17, 15) is 14.4 Å². The van der Waals surface area contributed by atoms with Crippen LogP contribution in [-0.2, 0) is 4.79 Å². The number of aromatic amines is 2. The molecule has 7 heteroatoms. The Morgan fingerprint density at radius 3 is 2.90 bits per heavy atom. The number of H-pyrrole nitrogens is 2. The smallest absolute Gasteiger partial charge is 0.323 e. The zero-order valence-corrected chi connectivity index (χ0v) is 11.6. The first-order chi connectivity index (χ1) is 9.60. The number of likely N-dealkylation sites (tertiary alicyclic amines) is 1. The Hall–Kier alpha value is -2.05. The normalized spacial score (nSPS) is 19.8. The van der Waals surface area contributed by atoms with Crippen LogP contribution in [0.25, 0.3) is 0 Å². The molecule has 0 spiro atoms. The van der Waals surface area contributed by atoms with E-state index in [1.165, 1.54) is 6.20 Å². The molecule has 0 radical (unpaired) electrons. The van der Waals surface area contributed by atoms with Gasteiger partial charge in [0.1, 0.15) is 5.69 Å². The first kappa shape index (κ1) is 14.4. The molecule has 0 aliphatic carbocycles. The largest absolute Gasteiger partial charge is 0.348 e. The number of hydrogen-bond acceptors (Lipinski definition) is 3. The van der Waals surface area contributed by atoms with E-state index < -0.39 is 5.69 Å². The highest BCUT2D eigenvalue weighted by Gasteiger charge is 2.23. The molecule has 1 unspecified atom stereocenters. The van der Waals surface area contributed by atoms with E-state index in [0.717, 1.165) is 19.4 Å². The van der Waals surface area contributed by atoms with Crippen LogP contribution in [0.3, 0.4) is 0 Å². The molecule has 20 heavy (non-hydrogen) atoms. The van der Waals surface area contributed by atoms with Crippen LogP contribution in [0.15, 0.2) is 11.0 Å². The molecule has 1 aliphatic heterocycles. The second-order valence-corrected chi connectivity index (χ2v) is 5.03. The molecule has 2 amide bonds. The van der Waals surface area contributed by atoms with Gasteiger partial charge in [-0.2, -0.15) is 0 Å². The summed E-state index contributed by atoms with van der Waals surface area (Å²) < 4.78 is 0. The number of rotatable bonds is 4. The zero-order chi connectivity index (χ0) is 14.5. The van der Waals surface area contributed by atoms with Crippen LogP contribution in [0.5, 0.6) is 0 Å². The van der Waals surface area contributed by atoms with Gasteiger partial charge in [0, 0.05) is 31.7 Å². The highest BCUT2D eigenvalue weighted by molar-refractivity contribution is 5.92.